The lowest BCUT2D eigenvalue weighted by molar-refractivity contribution is -0.115. The second-order valence-electron chi connectivity index (χ2n) is 7.56. The molecule has 158 valence electrons. The van der Waals surface area contributed by atoms with Crippen LogP contribution in [0.25, 0.3) is 16.9 Å². The van der Waals surface area contributed by atoms with Crippen LogP contribution >= 0.6 is 34.8 Å². The van der Waals surface area contributed by atoms with E-state index in [2.05, 4.69) is 31.3 Å². The van der Waals surface area contributed by atoms with Gasteiger partial charge in [0.05, 0.1) is 38.6 Å². The Bertz CT molecular complexity index is 1330. The van der Waals surface area contributed by atoms with Crippen molar-refractivity contribution in [3.05, 3.63) is 86.1 Å². The first kappa shape index (κ1) is 21.7. The van der Waals surface area contributed by atoms with Crippen LogP contribution in [0.3, 0.4) is 0 Å². The lowest BCUT2D eigenvalue weighted by Crippen LogP contribution is -2.16. The molecule has 0 bridgehead atoms. The summed E-state index contributed by atoms with van der Waals surface area (Å²) in [5.41, 5.74) is 7.21. The van der Waals surface area contributed by atoms with Gasteiger partial charge in [-0.2, -0.15) is 0 Å². The lowest BCUT2D eigenvalue weighted by Gasteiger charge is -2.10. The molecule has 31 heavy (non-hydrogen) atoms. The Morgan fingerprint density at radius 2 is 1.68 bits per heavy atom. The molecule has 0 spiro atoms. The third-order valence-corrected chi connectivity index (χ3v) is 6.37. The van der Waals surface area contributed by atoms with Gasteiger partial charge in [-0.05, 0) is 61.7 Å². The smallest absolute Gasteiger partial charge is 0.230 e. The van der Waals surface area contributed by atoms with Gasteiger partial charge < -0.3 is 9.72 Å². The number of fused-ring (bicyclic) bond motifs is 1. The predicted molar refractivity (Wildman–Crippen MR) is 129 cm³/mol. The first-order valence-electron chi connectivity index (χ1n) is 9.73. The van der Waals surface area contributed by atoms with Crippen molar-refractivity contribution < 1.29 is 4.79 Å². The van der Waals surface area contributed by atoms with E-state index in [1.807, 2.05) is 35.7 Å². The number of halogens is 3. The number of hydrogen-bond donors (Lipinski definition) is 1. The number of imidazole rings is 1. The molecule has 0 atom stereocenters. The van der Waals surface area contributed by atoms with Crippen LogP contribution in [0.15, 0.2) is 48.7 Å². The molecule has 0 saturated heterocycles. The van der Waals surface area contributed by atoms with Gasteiger partial charge in [0, 0.05) is 11.8 Å². The molecule has 0 fully saturated rings. The number of nitrogens with one attached hydrogen (secondary N) is 1. The van der Waals surface area contributed by atoms with Crippen LogP contribution in [0.5, 0.6) is 0 Å². The maximum absolute atomic E-state index is 13.0. The molecule has 0 radical (unpaired) electrons. The second-order valence-corrected chi connectivity index (χ2v) is 8.78. The molecule has 4 aromatic rings. The Morgan fingerprint density at radius 1 is 0.935 bits per heavy atom. The Balaban J connectivity index is 1.76. The summed E-state index contributed by atoms with van der Waals surface area (Å²) in [6, 6.07) is 13.2. The normalized spacial score (nSPS) is 11.2. The second kappa shape index (κ2) is 8.54. The van der Waals surface area contributed by atoms with Crippen molar-refractivity contribution in [3.8, 4) is 11.3 Å². The Hall–Kier alpha value is -2.53. The van der Waals surface area contributed by atoms with Crippen molar-refractivity contribution in [2.24, 2.45) is 0 Å². The fourth-order valence-electron chi connectivity index (χ4n) is 3.51. The summed E-state index contributed by atoms with van der Waals surface area (Å²) in [5, 5.41) is 3.82. The van der Waals surface area contributed by atoms with Crippen molar-refractivity contribution in [2.45, 2.75) is 27.2 Å². The number of anilines is 1. The van der Waals surface area contributed by atoms with Crippen LogP contribution < -0.4 is 5.32 Å². The molecule has 0 aliphatic heterocycles. The van der Waals surface area contributed by atoms with E-state index in [9.17, 15) is 4.79 Å². The van der Waals surface area contributed by atoms with Crippen LogP contribution in [0.2, 0.25) is 15.1 Å². The molecule has 2 aromatic heterocycles. The number of hydrogen-bond acceptors (Lipinski definition) is 2. The van der Waals surface area contributed by atoms with E-state index in [0.29, 0.717) is 20.8 Å². The van der Waals surface area contributed by atoms with Crippen LogP contribution in [-0.2, 0) is 11.2 Å². The van der Waals surface area contributed by atoms with E-state index in [4.69, 9.17) is 39.8 Å². The van der Waals surface area contributed by atoms with Gasteiger partial charge in [0.15, 0.2) is 0 Å². The molecule has 7 heteroatoms. The van der Waals surface area contributed by atoms with Crippen LogP contribution in [0, 0.1) is 20.8 Å². The summed E-state index contributed by atoms with van der Waals surface area (Å²) in [6.45, 7) is 6.15. The third kappa shape index (κ3) is 4.29. The summed E-state index contributed by atoms with van der Waals surface area (Å²) >= 11 is 18.3. The van der Waals surface area contributed by atoms with E-state index in [0.717, 1.165) is 28.2 Å². The van der Waals surface area contributed by atoms with Gasteiger partial charge in [0.2, 0.25) is 5.91 Å². The maximum atomic E-state index is 13.0. The number of nitrogens with zero attached hydrogens (tertiary/aromatic N) is 2. The summed E-state index contributed by atoms with van der Waals surface area (Å²) in [4.78, 5) is 17.8. The molecule has 0 aliphatic carbocycles. The first-order valence-corrected chi connectivity index (χ1v) is 10.9. The fourth-order valence-corrected chi connectivity index (χ4v) is 4.10. The SMILES string of the molecule is Cc1ccc(-c2nc3c(C)cccn3c2CC(=O)Nc2cc(Cl)c(Cl)cc2Cl)cc1C. The highest BCUT2D eigenvalue weighted by atomic mass is 35.5. The number of carbonyl (C=O) groups is 1. The molecule has 0 aliphatic rings. The van der Waals surface area contributed by atoms with Gasteiger partial charge in [-0.3, -0.25) is 4.79 Å². The van der Waals surface area contributed by atoms with Crippen molar-refractivity contribution >= 4 is 52.0 Å². The number of carbonyl (C=O) groups excluding carboxylic acids is 1. The van der Waals surface area contributed by atoms with Gasteiger partial charge in [-0.1, -0.05) is 53.0 Å². The van der Waals surface area contributed by atoms with Gasteiger partial charge >= 0.3 is 0 Å². The quantitative estimate of drug-likeness (QED) is 0.323. The van der Waals surface area contributed by atoms with Crippen molar-refractivity contribution in [1.29, 1.82) is 0 Å². The number of benzene rings is 2. The van der Waals surface area contributed by atoms with Crippen molar-refractivity contribution in [2.75, 3.05) is 5.32 Å². The van der Waals surface area contributed by atoms with Gasteiger partial charge in [0.1, 0.15) is 5.65 Å². The number of aryl methyl sites for hydroxylation is 3. The molecule has 1 N–H and O–H groups in total. The van der Waals surface area contributed by atoms with E-state index >= 15 is 0 Å². The Labute approximate surface area is 195 Å². The number of amides is 1. The molecule has 4 nitrogen and oxygen atoms in total. The fraction of sp³-hybridized carbons (Fsp3) is 0.167. The molecular formula is C24H20Cl3N3O. The number of pyridine rings is 1. The third-order valence-electron chi connectivity index (χ3n) is 5.34. The molecule has 0 unspecified atom stereocenters. The summed E-state index contributed by atoms with van der Waals surface area (Å²) in [6.07, 6.45) is 2.04. The van der Waals surface area contributed by atoms with E-state index in [1.54, 1.807) is 6.07 Å². The Morgan fingerprint density at radius 3 is 2.42 bits per heavy atom. The molecular weight excluding hydrogens is 453 g/mol. The van der Waals surface area contributed by atoms with Crippen molar-refractivity contribution in [3.63, 3.8) is 0 Å². The molecule has 2 heterocycles. The summed E-state index contributed by atoms with van der Waals surface area (Å²) < 4.78 is 1.97. The number of rotatable bonds is 4. The molecule has 0 saturated carbocycles. The maximum Gasteiger partial charge on any atom is 0.230 e. The molecule has 1 amide bonds. The minimum absolute atomic E-state index is 0.115. The summed E-state index contributed by atoms with van der Waals surface area (Å²) in [7, 11) is 0. The zero-order valence-electron chi connectivity index (χ0n) is 17.3. The van der Waals surface area contributed by atoms with Crippen molar-refractivity contribution in [1.82, 2.24) is 9.38 Å². The Kier molecular flexibility index (Phi) is 5.98. The topological polar surface area (TPSA) is 46.4 Å². The highest BCUT2D eigenvalue weighted by Crippen LogP contribution is 2.33. The summed E-state index contributed by atoms with van der Waals surface area (Å²) in [5.74, 6) is -0.228. The minimum atomic E-state index is -0.228. The van der Waals surface area contributed by atoms with E-state index < -0.39 is 0 Å². The minimum Gasteiger partial charge on any atom is -0.324 e. The average Bonchev–Trinajstić information content (AvgIpc) is 3.08. The lowest BCUT2D eigenvalue weighted by atomic mass is 10.0. The molecule has 2 aromatic carbocycles. The predicted octanol–water partition coefficient (Wildman–Crippen LogP) is 7.07. The first-order chi connectivity index (χ1) is 14.7. The average molecular weight is 473 g/mol. The zero-order chi connectivity index (χ0) is 22.3. The van der Waals surface area contributed by atoms with Gasteiger partial charge in [-0.25, -0.2) is 4.98 Å². The highest BCUT2D eigenvalue weighted by molar-refractivity contribution is 6.44. The van der Waals surface area contributed by atoms with Crippen LogP contribution in [0.1, 0.15) is 22.4 Å². The van der Waals surface area contributed by atoms with Gasteiger partial charge in [0.25, 0.3) is 0 Å². The van der Waals surface area contributed by atoms with Crippen LogP contribution in [-0.4, -0.2) is 15.3 Å². The van der Waals surface area contributed by atoms with E-state index in [1.165, 1.54) is 17.2 Å². The largest absolute Gasteiger partial charge is 0.324 e. The molecule has 4 rings (SSSR count). The highest BCUT2D eigenvalue weighted by Gasteiger charge is 2.19. The zero-order valence-corrected chi connectivity index (χ0v) is 19.5. The standard InChI is InChI=1S/C24H20Cl3N3O/c1-13-6-7-16(9-15(13)3)23-21(30-8-4-5-14(2)24(30)29-23)12-22(31)28-20-11-18(26)17(25)10-19(20)27/h4-11H,12H2,1-3H3,(H,28,31). The van der Waals surface area contributed by atoms with Gasteiger partial charge in [-0.15, -0.1) is 0 Å². The van der Waals surface area contributed by atoms with Crippen LogP contribution in [0.4, 0.5) is 5.69 Å². The van der Waals surface area contributed by atoms with E-state index in [-0.39, 0.29) is 12.3 Å². The number of aromatic nitrogens is 2. The monoisotopic (exact) mass is 471 g/mol.